The molecule has 0 aliphatic heterocycles. The van der Waals surface area contributed by atoms with Crippen LogP contribution in [0.5, 0.6) is 0 Å². The second-order valence-corrected chi connectivity index (χ2v) is 3.35. The van der Waals surface area contributed by atoms with Gasteiger partial charge in [0.05, 0.1) is 17.7 Å². The minimum Gasteiger partial charge on any atom is -0.380 e. The van der Waals surface area contributed by atoms with Gasteiger partial charge >= 0.3 is 12.4 Å². The molecule has 0 unspecified atom stereocenters. The van der Waals surface area contributed by atoms with E-state index in [0.29, 0.717) is 12.1 Å². The largest absolute Gasteiger partial charge is 0.416 e. The highest BCUT2D eigenvalue weighted by Gasteiger charge is 2.36. The average molecular weight is 318 g/mol. The second kappa shape index (κ2) is 9.65. The molecule has 7 heteroatoms. The van der Waals surface area contributed by atoms with Gasteiger partial charge in [0.1, 0.15) is 0 Å². The van der Waals surface area contributed by atoms with Gasteiger partial charge in [-0.05, 0) is 23.8 Å². The fourth-order valence-corrected chi connectivity index (χ4v) is 1.27. The number of rotatable bonds is 2. The quantitative estimate of drug-likeness (QED) is 0.615. The number of ether oxygens (including phenoxy) is 1. The summed E-state index contributed by atoms with van der Waals surface area (Å²) >= 11 is 0. The Kier molecular flexibility index (Phi) is 10.1. The van der Waals surface area contributed by atoms with Crippen molar-refractivity contribution in [2.75, 3.05) is 7.11 Å². The van der Waals surface area contributed by atoms with Crippen molar-refractivity contribution < 1.29 is 31.1 Å². The molecule has 1 aromatic carbocycles. The summed E-state index contributed by atoms with van der Waals surface area (Å²) in [6, 6.07) is 1.36. The SMILES string of the molecule is CC.CC.COCc1cc(C(F)(F)F)cc(C(F)(F)F)c1. The van der Waals surface area contributed by atoms with Crippen molar-refractivity contribution in [3.8, 4) is 0 Å². The Morgan fingerprint density at radius 2 is 1.10 bits per heavy atom. The molecule has 0 aliphatic rings. The van der Waals surface area contributed by atoms with Crippen molar-refractivity contribution in [1.82, 2.24) is 0 Å². The number of benzene rings is 1. The maximum Gasteiger partial charge on any atom is 0.416 e. The van der Waals surface area contributed by atoms with Crippen molar-refractivity contribution >= 4 is 0 Å². The highest BCUT2D eigenvalue weighted by Crippen LogP contribution is 2.36. The molecule has 1 nitrogen and oxygen atoms in total. The zero-order valence-corrected chi connectivity index (χ0v) is 12.6. The number of methoxy groups -OCH3 is 1. The molecule has 124 valence electrons. The lowest BCUT2D eigenvalue weighted by molar-refractivity contribution is -0.143. The molecule has 0 amide bonds. The molecule has 1 rings (SSSR count). The molecule has 0 bridgehead atoms. The number of hydrogen-bond donors (Lipinski definition) is 0. The molecule has 0 fully saturated rings. The van der Waals surface area contributed by atoms with E-state index in [1.165, 1.54) is 7.11 Å². The van der Waals surface area contributed by atoms with Gasteiger partial charge in [-0.3, -0.25) is 0 Å². The fourth-order valence-electron chi connectivity index (χ4n) is 1.27. The van der Waals surface area contributed by atoms with Crippen molar-refractivity contribution in [2.45, 2.75) is 46.7 Å². The minimum atomic E-state index is -4.82. The van der Waals surface area contributed by atoms with Gasteiger partial charge in [0.2, 0.25) is 0 Å². The van der Waals surface area contributed by atoms with E-state index in [0.717, 1.165) is 0 Å². The number of hydrogen-bond acceptors (Lipinski definition) is 1. The number of halogens is 6. The van der Waals surface area contributed by atoms with E-state index < -0.39 is 23.5 Å². The molecule has 0 atom stereocenters. The highest BCUT2D eigenvalue weighted by atomic mass is 19.4. The van der Waals surface area contributed by atoms with Crippen molar-refractivity contribution in [1.29, 1.82) is 0 Å². The summed E-state index contributed by atoms with van der Waals surface area (Å²) < 4.78 is 78.7. The molecule has 0 saturated carbocycles. The van der Waals surface area contributed by atoms with E-state index in [4.69, 9.17) is 0 Å². The van der Waals surface area contributed by atoms with Crippen LogP contribution >= 0.6 is 0 Å². The summed E-state index contributed by atoms with van der Waals surface area (Å²) in [7, 11) is 1.19. The smallest absolute Gasteiger partial charge is 0.380 e. The topological polar surface area (TPSA) is 9.23 Å². The molecule has 0 aromatic heterocycles. The van der Waals surface area contributed by atoms with Gasteiger partial charge in [-0.1, -0.05) is 27.7 Å². The van der Waals surface area contributed by atoms with Gasteiger partial charge in [-0.25, -0.2) is 0 Å². The maximum absolute atomic E-state index is 12.4. The summed E-state index contributed by atoms with van der Waals surface area (Å²) in [4.78, 5) is 0. The summed E-state index contributed by atoms with van der Waals surface area (Å²) in [6.45, 7) is 7.69. The van der Waals surface area contributed by atoms with Gasteiger partial charge in [-0.2, -0.15) is 26.3 Å². The van der Waals surface area contributed by atoms with Crippen LogP contribution < -0.4 is 0 Å². The Morgan fingerprint density at radius 3 is 1.33 bits per heavy atom. The van der Waals surface area contributed by atoms with Crippen LogP contribution in [0.3, 0.4) is 0 Å². The van der Waals surface area contributed by atoms with Crippen LogP contribution in [0.15, 0.2) is 18.2 Å². The zero-order chi connectivity index (χ0) is 17.3. The van der Waals surface area contributed by atoms with E-state index in [9.17, 15) is 26.3 Å². The van der Waals surface area contributed by atoms with Crippen LogP contribution in [0.25, 0.3) is 0 Å². The standard InChI is InChI=1S/C10H8F6O.2C2H6/c1-17-5-6-2-7(9(11,12)13)4-8(3-6)10(14,15)16;2*1-2/h2-4H,5H2,1H3;2*1-2H3. The zero-order valence-electron chi connectivity index (χ0n) is 12.6. The van der Waals surface area contributed by atoms with Crippen LogP contribution in [0, 0.1) is 0 Å². The molecular formula is C14H20F6O. The van der Waals surface area contributed by atoms with E-state index in [2.05, 4.69) is 4.74 Å². The van der Waals surface area contributed by atoms with Gasteiger partial charge in [0.25, 0.3) is 0 Å². The van der Waals surface area contributed by atoms with Crippen LogP contribution in [0.4, 0.5) is 26.3 Å². The first-order chi connectivity index (χ1) is 9.64. The van der Waals surface area contributed by atoms with Crippen LogP contribution in [-0.2, 0) is 23.7 Å². The van der Waals surface area contributed by atoms with Crippen LogP contribution in [-0.4, -0.2) is 7.11 Å². The molecule has 0 aliphatic carbocycles. The lowest BCUT2D eigenvalue weighted by Crippen LogP contribution is -2.12. The van der Waals surface area contributed by atoms with Crippen LogP contribution in [0.1, 0.15) is 44.4 Å². The fraction of sp³-hybridized carbons (Fsp3) is 0.571. The predicted octanol–water partition coefficient (Wildman–Crippen LogP) is 5.92. The lowest BCUT2D eigenvalue weighted by atomic mass is 10.1. The Balaban J connectivity index is 0. The molecule has 0 N–H and O–H groups in total. The van der Waals surface area contributed by atoms with Gasteiger partial charge in [-0.15, -0.1) is 0 Å². The van der Waals surface area contributed by atoms with Crippen molar-refractivity contribution in [3.05, 3.63) is 34.9 Å². The molecule has 0 saturated heterocycles. The van der Waals surface area contributed by atoms with E-state index in [-0.39, 0.29) is 18.2 Å². The maximum atomic E-state index is 12.4. The molecule has 1 aromatic rings. The molecular weight excluding hydrogens is 298 g/mol. The third-order valence-electron chi connectivity index (χ3n) is 1.96. The highest BCUT2D eigenvalue weighted by molar-refractivity contribution is 5.33. The van der Waals surface area contributed by atoms with Crippen molar-refractivity contribution in [3.63, 3.8) is 0 Å². The number of alkyl halides is 6. The Hall–Kier alpha value is -1.24. The van der Waals surface area contributed by atoms with Crippen LogP contribution in [0.2, 0.25) is 0 Å². The monoisotopic (exact) mass is 318 g/mol. The molecule has 0 heterocycles. The Labute approximate surface area is 120 Å². The summed E-state index contributed by atoms with van der Waals surface area (Å²) in [5.74, 6) is 0. The molecule has 0 radical (unpaired) electrons. The predicted molar refractivity (Wildman–Crippen MR) is 69.9 cm³/mol. The summed E-state index contributed by atoms with van der Waals surface area (Å²) in [6.07, 6.45) is -9.63. The minimum absolute atomic E-state index is 0.0825. The normalized spacial score (nSPS) is 11.0. The summed E-state index contributed by atoms with van der Waals surface area (Å²) in [5, 5.41) is 0. The first-order valence-electron chi connectivity index (χ1n) is 6.42. The third-order valence-corrected chi connectivity index (χ3v) is 1.96. The third kappa shape index (κ3) is 7.94. The first kappa shape index (κ1) is 22.0. The van der Waals surface area contributed by atoms with E-state index in [1.54, 1.807) is 0 Å². The van der Waals surface area contributed by atoms with E-state index >= 15 is 0 Å². The summed E-state index contributed by atoms with van der Waals surface area (Å²) in [5.41, 5.74) is -2.84. The Bertz CT molecular complexity index is 363. The van der Waals surface area contributed by atoms with Gasteiger partial charge < -0.3 is 4.74 Å². The first-order valence-corrected chi connectivity index (χ1v) is 6.42. The second-order valence-electron chi connectivity index (χ2n) is 3.35. The van der Waals surface area contributed by atoms with E-state index in [1.807, 2.05) is 27.7 Å². The molecule has 0 spiro atoms. The average Bonchev–Trinajstić information content (AvgIpc) is 2.41. The lowest BCUT2D eigenvalue weighted by Gasteiger charge is -2.13. The van der Waals surface area contributed by atoms with Gasteiger partial charge in [0, 0.05) is 7.11 Å². The molecule has 21 heavy (non-hydrogen) atoms. The Morgan fingerprint density at radius 1 is 0.762 bits per heavy atom. The van der Waals surface area contributed by atoms with Gasteiger partial charge in [0.15, 0.2) is 0 Å². The van der Waals surface area contributed by atoms with Crippen molar-refractivity contribution in [2.24, 2.45) is 0 Å².